The highest BCUT2D eigenvalue weighted by Crippen LogP contribution is 2.16. The molecule has 4 atom stereocenters. The third-order valence-electron chi connectivity index (χ3n) is 2.99. The quantitative estimate of drug-likeness (QED) is 0.424. The van der Waals surface area contributed by atoms with Crippen LogP contribution in [0.15, 0.2) is 36.0 Å². The van der Waals surface area contributed by atoms with Crippen molar-refractivity contribution in [3.05, 3.63) is 36.0 Å². The number of esters is 2. The molecule has 0 fully saturated rings. The molecule has 0 saturated carbocycles. The molecule has 0 aromatic rings. The van der Waals surface area contributed by atoms with E-state index in [0.29, 0.717) is 5.57 Å². The fraction of sp³-hybridized carbons (Fsp3) is 0.467. The molecule has 1 heterocycles. The molecule has 0 spiro atoms. The third kappa shape index (κ3) is 5.17. The van der Waals surface area contributed by atoms with Crippen LogP contribution >= 0.6 is 0 Å². The predicted octanol–water partition coefficient (Wildman–Crippen LogP) is 0.644. The van der Waals surface area contributed by atoms with E-state index in [1.807, 2.05) is 0 Å². The van der Waals surface area contributed by atoms with E-state index in [9.17, 15) is 19.8 Å². The molecule has 1 aliphatic rings. The van der Waals surface area contributed by atoms with E-state index < -0.39 is 36.4 Å². The lowest BCUT2D eigenvalue weighted by Crippen LogP contribution is -2.30. The lowest BCUT2D eigenvalue weighted by molar-refractivity contribution is -0.153. The Labute approximate surface area is 123 Å². The van der Waals surface area contributed by atoms with Crippen molar-refractivity contribution in [1.82, 2.24) is 0 Å². The van der Waals surface area contributed by atoms with Crippen LogP contribution in [0.5, 0.6) is 0 Å². The molecule has 0 unspecified atom stereocenters. The minimum atomic E-state index is -1.10. The second-order valence-electron chi connectivity index (χ2n) is 4.72. The Bertz CT molecular complexity index is 475. The van der Waals surface area contributed by atoms with Crippen molar-refractivity contribution in [2.24, 2.45) is 0 Å². The van der Waals surface area contributed by atoms with Crippen molar-refractivity contribution in [3.8, 4) is 0 Å². The number of allylic oxidation sites excluding steroid dienone is 1. The molecule has 0 radical (unpaired) electrons. The molecule has 0 bridgehead atoms. The van der Waals surface area contributed by atoms with Crippen LogP contribution in [-0.2, 0) is 19.1 Å². The van der Waals surface area contributed by atoms with E-state index in [2.05, 4.69) is 0 Å². The van der Waals surface area contributed by atoms with Crippen LogP contribution in [-0.4, -0.2) is 46.6 Å². The summed E-state index contributed by atoms with van der Waals surface area (Å²) in [5.41, 5.74) is 0.415. The van der Waals surface area contributed by atoms with Crippen LogP contribution in [0.3, 0.4) is 0 Å². The van der Waals surface area contributed by atoms with Gasteiger partial charge in [0, 0.05) is 11.6 Å². The molecule has 1 aliphatic heterocycles. The second-order valence-corrected chi connectivity index (χ2v) is 4.72. The van der Waals surface area contributed by atoms with Crippen LogP contribution < -0.4 is 0 Å². The van der Waals surface area contributed by atoms with Crippen molar-refractivity contribution < 1.29 is 29.3 Å². The summed E-state index contributed by atoms with van der Waals surface area (Å²) in [6, 6.07) is 0. The van der Waals surface area contributed by atoms with E-state index in [4.69, 9.17) is 9.47 Å². The highest BCUT2D eigenvalue weighted by Gasteiger charge is 2.28. The normalized spacial score (nSPS) is 23.0. The van der Waals surface area contributed by atoms with Crippen molar-refractivity contribution in [2.75, 3.05) is 0 Å². The van der Waals surface area contributed by atoms with Gasteiger partial charge >= 0.3 is 11.9 Å². The van der Waals surface area contributed by atoms with Crippen molar-refractivity contribution in [1.29, 1.82) is 0 Å². The number of ether oxygens (including phenoxy) is 2. The molecular weight excluding hydrogens is 276 g/mol. The first-order valence-electron chi connectivity index (χ1n) is 6.62. The number of cyclic esters (lactones) is 1. The maximum atomic E-state index is 11.8. The summed E-state index contributed by atoms with van der Waals surface area (Å²) >= 11 is 0. The Kier molecular flexibility index (Phi) is 6.33. The summed E-state index contributed by atoms with van der Waals surface area (Å²) in [7, 11) is 0. The van der Waals surface area contributed by atoms with Crippen LogP contribution in [0.25, 0.3) is 0 Å². The topological polar surface area (TPSA) is 93.1 Å². The maximum absolute atomic E-state index is 11.8. The zero-order valence-corrected chi connectivity index (χ0v) is 12.2. The van der Waals surface area contributed by atoms with Gasteiger partial charge in [0.2, 0.25) is 0 Å². The van der Waals surface area contributed by atoms with Crippen molar-refractivity contribution in [3.63, 3.8) is 0 Å². The molecule has 6 heteroatoms. The highest BCUT2D eigenvalue weighted by molar-refractivity contribution is 5.88. The number of hydrogen-bond acceptors (Lipinski definition) is 6. The van der Waals surface area contributed by atoms with E-state index in [-0.39, 0.29) is 0 Å². The first-order chi connectivity index (χ1) is 9.85. The largest absolute Gasteiger partial charge is 0.451 e. The van der Waals surface area contributed by atoms with Gasteiger partial charge in [0.15, 0.2) is 12.2 Å². The van der Waals surface area contributed by atoms with Gasteiger partial charge in [-0.15, -0.1) is 0 Å². The number of aliphatic hydroxyl groups is 2. The third-order valence-corrected chi connectivity index (χ3v) is 2.99. The summed E-state index contributed by atoms with van der Waals surface area (Å²) in [4.78, 5) is 22.9. The Balaban J connectivity index is 2.82. The van der Waals surface area contributed by atoms with E-state index in [1.54, 1.807) is 19.9 Å². The molecule has 6 nitrogen and oxygen atoms in total. The van der Waals surface area contributed by atoms with Gasteiger partial charge in [-0.05, 0) is 32.9 Å². The fourth-order valence-corrected chi connectivity index (χ4v) is 1.50. The number of carbonyl (C=O) groups is 2. The number of rotatable bonds is 6. The Morgan fingerprint density at radius 2 is 2.10 bits per heavy atom. The summed E-state index contributed by atoms with van der Waals surface area (Å²) < 4.78 is 10.2. The molecule has 1 rings (SSSR count). The molecule has 116 valence electrons. The number of carbonyl (C=O) groups excluding carboxylic acids is 2. The minimum absolute atomic E-state index is 0.415. The summed E-state index contributed by atoms with van der Waals surface area (Å²) in [6.07, 6.45) is 3.33. The van der Waals surface area contributed by atoms with Gasteiger partial charge in [-0.2, -0.15) is 0 Å². The average Bonchev–Trinajstić information content (AvgIpc) is 2.87. The standard InChI is InChI=1S/C15H20O6/c1-4-9(2)15(19)21-13(6-5-11(17)10(3)16)12-7-8-14(18)20-12/h4-8,10-13,16-17H,1-3H3/b6-5+,9-4+/t10-,11-,12+,13-/m1/s1. The van der Waals surface area contributed by atoms with Gasteiger partial charge in [-0.25, -0.2) is 9.59 Å². The maximum Gasteiger partial charge on any atom is 0.334 e. The zero-order valence-electron chi connectivity index (χ0n) is 12.2. The predicted molar refractivity (Wildman–Crippen MR) is 75.2 cm³/mol. The molecule has 0 aliphatic carbocycles. The molecule has 21 heavy (non-hydrogen) atoms. The molecular formula is C15H20O6. The van der Waals surface area contributed by atoms with Crippen molar-refractivity contribution in [2.45, 2.75) is 45.2 Å². The summed E-state index contributed by atoms with van der Waals surface area (Å²) in [5.74, 6) is -1.07. The fourth-order valence-electron chi connectivity index (χ4n) is 1.50. The highest BCUT2D eigenvalue weighted by atomic mass is 16.6. The molecule has 0 saturated heterocycles. The number of hydrogen-bond donors (Lipinski definition) is 2. The smallest absolute Gasteiger partial charge is 0.334 e. The van der Waals surface area contributed by atoms with E-state index in [0.717, 1.165) is 0 Å². The zero-order chi connectivity index (χ0) is 16.0. The van der Waals surface area contributed by atoms with Gasteiger partial charge < -0.3 is 19.7 Å². The molecule has 0 aromatic carbocycles. The SMILES string of the molecule is C/C=C(\C)C(=O)O[C@H](/C=C/[C@@H](O)[C@@H](C)O)[C@@H]1C=CC(=O)O1. The monoisotopic (exact) mass is 296 g/mol. The molecule has 0 aromatic heterocycles. The number of aliphatic hydroxyl groups excluding tert-OH is 2. The van der Waals surface area contributed by atoms with Crippen LogP contribution in [0.1, 0.15) is 20.8 Å². The summed E-state index contributed by atoms with van der Waals surface area (Å²) in [5, 5.41) is 18.8. The summed E-state index contributed by atoms with van der Waals surface area (Å²) in [6.45, 7) is 4.73. The first-order valence-corrected chi connectivity index (χ1v) is 6.62. The van der Waals surface area contributed by atoms with Crippen molar-refractivity contribution >= 4 is 11.9 Å². The Hall–Kier alpha value is -1.92. The van der Waals surface area contributed by atoms with Gasteiger partial charge in [-0.3, -0.25) is 0 Å². The van der Waals surface area contributed by atoms with E-state index >= 15 is 0 Å². The van der Waals surface area contributed by atoms with Gasteiger partial charge in [0.1, 0.15) is 0 Å². The van der Waals surface area contributed by atoms with Gasteiger partial charge in [-0.1, -0.05) is 12.2 Å². The second kappa shape index (κ2) is 7.75. The lowest BCUT2D eigenvalue weighted by Gasteiger charge is -2.20. The molecule has 2 N–H and O–H groups in total. The average molecular weight is 296 g/mol. The first kappa shape index (κ1) is 17.1. The Morgan fingerprint density at radius 3 is 2.57 bits per heavy atom. The minimum Gasteiger partial charge on any atom is -0.451 e. The lowest BCUT2D eigenvalue weighted by atomic mass is 10.1. The van der Waals surface area contributed by atoms with Crippen LogP contribution in [0.2, 0.25) is 0 Å². The van der Waals surface area contributed by atoms with Crippen LogP contribution in [0.4, 0.5) is 0 Å². The molecule has 0 amide bonds. The Morgan fingerprint density at radius 1 is 1.43 bits per heavy atom. The van der Waals surface area contributed by atoms with Gasteiger partial charge in [0.25, 0.3) is 0 Å². The van der Waals surface area contributed by atoms with Gasteiger partial charge in [0.05, 0.1) is 12.2 Å². The van der Waals surface area contributed by atoms with E-state index in [1.165, 1.54) is 31.2 Å². The van der Waals surface area contributed by atoms with Crippen LogP contribution in [0, 0.1) is 0 Å².